The summed E-state index contributed by atoms with van der Waals surface area (Å²) in [6.07, 6.45) is 35.7. The number of hydrogen-bond acceptors (Lipinski definition) is 3. The Balaban J connectivity index is 0. The molecule has 3 nitrogen and oxygen atoms in total. The summed E-state index contributed by atoms with van der Waals surface area (Å²) in [5.41, 5.74) is 0. The lowest BCUT2D eigenvalue weighted by atomic mass is 10.0. The Morgan fingerprint density at radius 3 is 1.00 bits per heavy atom. The standard InChI is InChI=1S/C31H62O2.H3N/c1-3-5-7-9-11-13-15-16-17-18-19-21-23-25-27-29-31(32)33-30-28-26-24-22-20-14-12-10-8-6-4-2;/h3-30H2,1-2H3;1H3. The molecule has 0 heterocycles. The number of ether oxygens (including phenoxy) is 1. The van der Waals surface area contributed by atoms with E-state index in [4.69, 9.17) is 4.74 Å². The first-order valence-corrected chi connectivity index (χ1v) is 15.5. The summed E-state index contributed by atoms with van der Waals surface area (Å²) >= 11 is 0. The van der Waals surface area contributed by atoms with E-state index in [0.29, 0.717) is 13.0 Å². The van der Waals surface area contributed by atoms with Gasteiger partial charge in [-0.05, 0) is 12.8 Å². The van der Waals surface area contributed by atoms with Crippen molar-refractivity contribution in [3.8, 4) is 0 Å². The number of carbonyl (C=O) groups is 1. The smallest absolute Gasteiger partial charge is 0.305 e. The van der Waals surface area contributed by atoms with Gasteiger partial charge in [-0.15, -0.1) is 0 Å². The zero-order valence-corrected chi connectivity index (χ0v) is 23.8. The summed E-state index contributed by atoms with van der Waals surface area (Å²) in [5, 5.41) is 0. The Kier molecular flexibility index (Phi) is 33.9. The lowest BCUT2D eigenvalue weighted by molar-refractivity contribution is -0.143. The maximum absolute atomic E-state index is 11.8. The first-order chi connectivity index (χ1) is 16.3. The van der Waals surface area contributed by atoms with Gasteiger partial charge in [-0.25, -0.2) is 0 Å². The van der Waals surface area contributed by atoms with Crippen molar-refractivity contribution in [1.29, 1.82) is 0 Å². The molecule has 0 aliphatic heterocycles. The van der Waals surface area contributed by atoms with Gasteiger partial charge in [0.2, 0.25) is 0 Å². The molecule has 0 aliphatic carbocycles. The molecule has 0 aromatic carbocycles. The lowest BCUT2D eigenvalue weighted by Gasteiger charge is -2.06. The van der Waals surface area contributed by atoms with Gasteiger partial charge < -0.3 is 10.9 Å². The van der Waals surface area contributed by atoms with Crippen molar-refractivity contribution < 1.29 is 9.53 Å². The van der Waals surface area contributed by atoms with Crippen LogP contribution in [0.25, 0.3) is 0 Å². The molecule has 0 saturated heterocycles. The fourth-order valence-electron chi connectivity index (χ4n) is 4.67. The van der Waals surface area contributed by atoms with Gasteiger partial charge in [0.05, 0.1) is 6.61 Å². The number of carbonyl (C=O) groups excluding carboxylic acids is 1. The molecule has 0 bridgehead atoms. The van der Waals surface area contributed by atoms with Crippen LogP contribution in [0.15, 0.2) is 0 Å². The highest BCUT2D eigenvalue weighted by Crippen LogP contribution is 2.14. The van der Waals surface area contributed by atoms with Gasteiger partial charge in [-0.2, -0.15) is 0 Å². The van der Waals surface area contributed by atoms with E-state index in [1.807, 2.05) is 0 Å². The van der Waals surface area contributed by atoms with E-state index in [1.165, 1.54) is 154 Å². The lowest BCUT2D eigenvalue weighted by Crippen LogP contribution is -2.05. The van der Waals surface area contributed by atoms with Crippen molar-refractivity contribution in [1.82, 2.24) is 6.15 Å². The Morgan fingerprint density at radius 1 is 0.412 bits per heavy atom. The third-order valence-corrected chi connectivity index (χ3v) is 7.00. The van der Waals surface area contributed by atoms with Gasteiger partial charge in [-0.3, -0.25) is 4.79 Å². The fraction of sp³-hybridized carbons (Fsp3) is 0.968. The molecular weight excluding hydrogens is 418 g/mol. The fourth-order valence-corrected chi connectivity index (χ4v) is 4.67. The summed E-state index contributed by atoms with van der Waals surface area (Å²) in [7, 11) is 0. The monoisotopic (exact) mass is 484 g/mol. The van der Waals surface area contributed by atoms with Crippen LogP contribution in [0.5, 0.6) is 0 Å². The van der Waals surface area contributed by atoms with E-state index >= 15 is 0 Å². The molecule has 0 atom stereocenters. The Hall–Kier alpha value is -0.570. The number of hydrogen-bond donors (Lipinski definition) is 1. The minimum Gasteiger partial charge on any atom is -0.466 e. The zero-order valence-electron chi connectivity index (χ0n) is 23.8. The van der Waals surface area contributed by atoms with Crippen LogP contribution in [0, 0.1) is 0 Å². The van der Waals surface area contributed by atoms with E-state index in [2.05, 4.69) is 13.8 Å². The Bertz CT molecular complexity index is 372. The molecule has 0 spiro atoms. The molecule has 0 saturated carbocycles. The first-order valence-electron chi connectivity index (χ1n) is 15.5. The third kappa shape index (κ3) is 31.4. The first kappa shape index (κ1) is 35.6. The van der Waals surface area contributed by atoms with Crippen LogP contribution in [0.4, 0.5) is 0 Å². The van der Waals surface area contributed by atoms with E-state index in [0.717, 1.165) is 12.8 Å². The average Bonchev–Trinajstić information content (AvgIpc) is 2.82. The predicted molar refractivity (Wildman–Crippen MR) is 152 cm³/mol. The van der Waals surface area contributed by atoms with Crippen LogP contribution in [0.3, 0.4) is 0 Å². The molecule has 0 radical (unpaired) electrons. The highest BCUT2D eigenvalue weighted by Gasteiger charge is 2.02. The summed E-state index contributed by atoms with van der Waals surface area (Å²) in [6, 6.07) is 0. The molecule has 0 rings (SSSR count). The molecule has 0 amide bonds. The molecule has 3 N–H and O–H groups in total. The molecule has 206 valence electrons. The van der Waals surface area contributed by atoms with Crippen molar-refractivity contribution >= 4 is 5.97 Å². The van der Waals surface area contributed by atoms with Gasteiger partial charge in [-0.1, -0.05) is 168 Å². The van der Waals surface area contributed by atoms with Crippen molar-refractivity contribution in [2.24, 2.45) is 0 Å². The Labute approximate surface area is 215 Å². The van der Waals surface area contributed by atoms with Crippen molar-refractivity contribution in [2.75, 3.05) is 6.61 Å². The van der Waals surface area contributed by atoms with Gasteiger partial charge in [0, 0.05) is 6.42 Å². The van der Waals surface area contributed by atoms with Crippen molar-refractivity contribution in [3.63, 3.8) is 0 Å². The van der Waals surface area contributed by atoms with Gasteiger partial charge in [0.25, 0.3) is 0 Å². The topological polar surface area (TPSA) is 61.3 Å². The number of unbranched alkanes of at least 4 members (excludes halogenated alkanes) is 24. The third-order valence-electron chi connectivity index (χ3n) is 7.00. The number of rotatable bonds is 28. The summed E-state index contributed by atoms with van der Waals surface area (Å²) in [6.45, 7) is 5.20. The van der Waals surface area contributed by atoms with Crippen LogP contribution >= 0.6 is 0 Å². The quantitative estimate of drug-likeness (QED) is 0.0888. The van der Waals surface area contributed by atoms with Crippen molar-refractivity contribution in [3.05, 3.63) is 0 Å². The maximum Gasteiger partial charge on any atom is 0.305 e. The van der Waals surface area contributed by atoms with E-state index < -0.39 is 0 Å². The van der Waals surface area contributed by atoms with Gasteiger partial charge >= 0.3 is 5.97 Å². The molecule has 34 heavy (non-hydrogen) atoms. The van der Waals surface area contributed by atoms with Crippen LogP contribution in [0.2, 0.25) is 0 Å². The van der Waals surface area contributed by atoms with E-state index in [1.54, 1.807) is 0 Å². The van der Waals surface area contributed by atoms with Crippen LogP contribution < -0.4 is 6.15 Å². The second-order valence-corrected chi connectivity index (χ2v) is 10.5. The van der Waals surface area contributed by atoms with Crippen LogP contribution in [0.1, 0.15) is 187 Å². The summed E-state index contributed by atoms with van der Waals surface area (Å²) in [4.78, 5) is 11.8. The SMILES string of the molecule is CCCCCCCCCCCCCCCCCC(=O)OCCCCCCCCCCCCC.N. The predicted octanol–water partition coefficient (Wildman–Crippen LogP) is 11.3. The van der Waals surface area contributed by atoms with Crippen LogP contribution in [-0.2, 0) is 9.53 Å². The highest BCUT2D eigenvalue weighted by molar-refractivity contribution is 5.69. The second-order valence-electron chi connectivity index (χ2n) is 10.5. The molecule has 0 aliphatic rings. The highest BCUT2D eigenvalue weighted by atomic mass is 16.5. The molecule has 0 aromatic rings. The largest absolute Gasteiger partial charge is 0.466 e. The minimum absolute atomic E-state index is 0. The van der Waals surface area contributed by atoms with Gasteiger partial charge in [0.15, 0.2) is 0 Å². The van der Waals surface area contributed by atoms with E-state index in [9.17, 15) is 4.79 Å². The Morgan fingerprint density at radius 2 is 0.676 bits per heavy atom. The molecule has 3 heteroatoms. The minimum atomic E-state index is 0. The van der Waals surface area contributed by atoms with Crippen LogP contribution in [-0.4, -0.2) is 12.6 Å². The molecular formula is C31H65NO2. The molecule has 0 fully saturated rings. The summed E-state index contributed by atoms with van der Waals surface area (Å²) < 4.78 is 5.40. The zero-order chi connectivity index (χ0) is 24.1. The molecule has 0 unspecified atom stereocenters. The second kappa shape index (κ2) is 32.4. The normalized spacial score (nSPS) is 10.9. The van der Waals surface area contributed by atoms with E-state index in [-0.39, 0.29) is 12.1 Å². The maximum atomic E-state index is 11.8. The van der Waals surface area contributed by atoms with Crippen molar-refractivity contribution in [2.45, 2.75) is 187 Å². The molecule has 0 aromatic heterocycles. The number of esters is 1. The summed E-state index contributed by atoms with van der Waals surface area (Å²) in [5.74, 6) is 0.0248. The average molecular weight is 484 g/mol. The van der Waals surface area contributed by atoms with Gasteiger partial charge in [0.1, 0.15) is 0 Å².